The molecule has 1 saturated carbocycles. The number of nitrogens with zero attached hydrogens (tertiary/aromatic N) is 3. The number of hydrogen-bond donors (Lipinski definition) is 0. The molecule has 2 atom stereocenters. The van der Waals surface area contributed by atoms with Crippen LogP contribution >= 0.6 is 0 Å². The molecule has 2 unspecified atom stereocenters. The lowest BCUT2D eigenvalue weighted by Crippen LogP contribution is -2.28. The Morgan fingerprint density at radius 1 is 1.12 bits per heavy atom. The molecule has 0 radical (unpaired) electrons. The van der Waals surface area contributed by atoms with Gasteiger partial charge in [0.1, 0.15) is 0 Å². The monoisotopic (exact) mass is 345 g/mol. The highest BCUT2D eigenvalue weighted by molar-refractivity contribution is 5.81. The summed E-state index contributed by atoms with van der Waals surface area (Å²) in [5.74, 6) is 0.957. The van der Waals surface area contributed by atoms with Gasteiger partial charge in [0.25, 0.3) is 0 Å². The predicted octanol–water partition coefficient (Wildman–Crippen LogP) is 4.15. The maximum absolute atomic E-state index is 12.5. The van der Waals surface area contributed by atoms with Crippen LogP contribution in [0.1, 0.15) is 18.9 Å². The topological polar surface area (TPSA) is 38.1 Å². The van der Waals surface area contributed by atoms with Crippen LogP contribution in [0.3, 0.4) is 0 Å². The van der Waals surface area contributed by atoms with Crippen molar-refractivity contribution in [3.63, 3.8) is 0 Å². The Labute approximate surface area is 154 Å². The molecule has 0 bridgehead atoms. The molecule has 1 aliphatic carbocycles. The number of aromatic nitrogens is 2. The van der Waals surface area contributed by atoms with Gasteiger partial charge in [0.2, 0.25) is 5.91 Å². The Balaban J connectivity index is 1.67. The highest BCUT2D eigenvalue weighted by Crippen LogP contribution is 2.39. The summed E-state index contributed by atoms with van der Waals surface area (Å²) in [5.41, 5.74) is 4.07. The normalized spacial score (nSPS) is 18.5. The number of carbonyl (C=O) groups is 1. The van der Waals surface area contributed by atoms with Crippen molar-refractivity contribution in [2.75, 3.05) is 7.05 Å². The van der Waals surface area contributed by atoms with Gasteiger partial charge in [0, 0.05) is 36.8 Å². The van der Waals surface area contributed by atoms with E-state index in [2.05, 4.69) is 19.1 Å². The second-order valence-electron chi connectivity index (χ2n) is 7.16. The van der Waals surface area contributed by atoms with Gasteiger partial charge in [0.05, 0.1) is 11.4 Å². The number of benzene rings is 2. The van der Waals surface area contributed by atoms with Gasteiger partial charge in [-0.25, -0.2) is 4.68 Å². The van der Waals surface area contributed by atoms with Crippen LogP contribution in [0.5, 0.6) is 0 Å². The largest absolute Gasteiger partial charge is 0.341 e. The first-order valence-electron chi connectivity index (χ1n) is 9.08. The van der Waals surface area contributed by atoms with Crippen molar-refractivity contribution in [3.8, 4) is 16.9 Å². The van der Waals surface area contributed by atoms with E-state index in [9.17, 15) is 4.79 Å². The molecule has 1 aliphatic rings. The third kappa shape index (κ3) is 3.27. The minimum Gasteiger partial charge on any atom is -0.341 e. The van der Waals surface area contributed by atoms with Crippen LogP contribution < -0.4 is 0 Å². The zero-order chi connectivity index (χ0) is 18.1. The molecular formula is C22H23N3O. The van der Waals surface area contributed by atoms with E-state index in [1.807, 2.05) is 71.4 Å². The van der Waals surface area contributed by atoms with Crippen LogP contribution in [-0.2, 0) is 11.3 Å². The van der Waals surface area contributed by atoms with Crippen LogP contribution in [0, 0.1) is 11.8 Å². The van der Waals surface area contributed by atoms with Crippen LogP contribution in [0.25, 0.3) is 16.9 Å². The third-order valence-electron chi connectivity index (χ3n) is 5.07. The van der Waals surface area contributed by atoms with Gasteiger partial charge in [-0.05, 0) is 24.5 Å². The van der Waals surface area contributed by atoms with Gasteiger partial charge in [0.15, 0.2) is 0 Å². The van der Waals surface area contributed by atoms with E-state index in [1.165, 1.54) is 0 Å². The Kier molecular flexibility index (Phi) is 4.33. The second-order valence-corrected chi connectivity index (χ2v) is 7.16. The zero-order valence-electron chi connectivity index (χ0n) is 15.2. The maximum Gasteiger partial charge on any atom is 0.226 e. The molecule has 1 fully saturated rings. The number of rotatable bonds is 5. The van der Waals surface area contributed by atoms with Crippen LogP contribution in [0.2, 0.25) is 0 Å². The highest BCUT2D eigenvalue weighted by atomic mass is 16.2. The van der Waals surface area contributed by atoms with Gasteiger partial charge in [-0.1, -0.05) is 55.5 Å². The quantitative estimate of drug-likeness (QED) is 0.696. The fourth-order valence-electron chi connectivity index (χ4n) is 3.36. The fourth-order valence-corrected chi connectivity index (χ4v) is 3.36. The van der Waals surface area contributed by atoms with E-state index in [0.29, 0.717) is 12.5 Å². The summed E-state index contributed by atoms with van der Waals surface area (Å²) in [5, 5.41) is 4.82. The number of carbonyl (C=O) groups excluding carboxylic acids is 1. The molecule has 4 heteroatoms. The molecular weight excluding hydrogens is 322 g/mol. The number of amides is 1. The molecule has 1 amide bonds. The molecule has 26 heavy (non-hydrogen) atoms. The van der Waals surface area contributed by atoms with Crippen molar-refractivity contribution in [1.29, 1.82) is 0 Å². The lowest BCUT2D eigenvalue weighted by molar-refractivity contribution is -0.132. The summed E-state index contributed by atoms with van der Waals surface area (Å²) >= 11 is 0. The molecule has 4 rings (SSSR count). The first-order valence-corrected chi connectivity index (χ1v) is 9.08. The lowest BCUT2D eigenvalue weighted by atomic mass is 10.1. The molecule has 0 saturated heterocycles. The van der Waals surface area contributed by atoms with Crippen molar-refractivity contribution in [1.82, 2.24) is 14.7 Å². The Hall–Kier alpha value is -2.88. The van der Waals surface area contributed by atoms with Gasteiger partial charge in [-0.2, -0.15) is 5.10 Å². The third-order valence-corrected chi connectivity index (χ3v) is 5.07. The van der Waals surface area contributed by atoms with Crippen LogP contribution in [0.4, 0.5) is 0 Å². The minimum absolute atomic E-state index is 0.198. The second kappa shape index (κ2) is 6.79. The minimum atomic E-state index is 0.198. The van der Waals surface area contributed by atoms with Gasteiger partial charge >= 0.3 is 0 Å². The summed E-state index contributed by atoms with van der Waals surface area (Å²) in [7, 11) is 1.89. The molecule has 1 heterocycles. The highest BCUT2D eigenvalue weighted by Gasteiger charge is 2.40. The molecule has 3 aromatic rings. The lowest BCUT2D eigenvalue weighted by Gasteiger charge is -2.17. The van der Waals surface area contributed by atoms with E-state index in [1.54, 1.807) is 0 Å². The summed E-state index contributed by atoms with van der Waals surface area (Å²) in [4.78, 5) is 14.4. The van der Waals surface area contributed by atoms with Gasteiger partial charge < -0.3 is 4.90 Å². The summed E-state index contributed by atoms with van der Waals surface area (Å²) < 4.78 is 1.90. The summed E-state index contributed by atoms with van der Waals surface area (Å²) in [6.45, 7) is 2.71. The van der Waals surface area contributed by atoms with Crippen molar-refractivity contribution < 1.29 is 4.79 Å². The molecule has 0 N–H and O–H groups in total. The zero-order valence-corrected chi connectivity index (χ0v) is 15.2. The van der Waals surface area contributed by atoms with Crippen molar-refractivity contribution in [3.05, 3.63) is 72.4 Å². The van der Waals surface area contributed by atoms with E-state index in [0.717, 1.165) is 28.9 Å². The van der Waals surface area contributed by atoms with Crippen LogP contribution in [0.15, 0.2) is 66.9 Å². The summed E-state index contributed by atoms with van der Waals surface area (Å²) in [6.07, 6.45) is 3.05. The Morgan fingerprint density at radius 3 is 2.35 bits per heavy atom. The molecule has 2 aromatic carbocycles. The van der Waals surface area contributed by atoms with E-state index in [-0.39, 0.29) is 11.8 Å². The van der Waals surface area contributed by atoms with Gasteiger partial charge in [-0.15, -0.1) is 0 Å². The Morgan fingerprint density at radius 2 is 1.73 bits per heavy atom. The van der Waals surface area contributed by atoms with Gasteiger partial charge in [-0.3, -0.25) is 4.79 Å². The van der Waals surface area contributed by atoms with Crippen molar-refractivity contribution in [2.24, 2.45) is 11.8 Å². The van der Waals surface area contributed by atoms with Crippen LogP contribution in [-0.4, -0.2) is 27.6 Å². The molecule has 1 aromatic heterocycles. The Bertz CT molecular complexity index is 902. The molecule has 0 aliphatic heterocycles. The number of hydrogen-bond acceptors (Lipinski definition) is 2. The predicted molar refractivity (Wildman–Crippen MR) is 103 cm³/mol. The summed E-state index contributed by atoms with van der Waals surface area (Å²) in [6, 6.07) is 20.2. The average molecular weight is 345 g/mol. The smallest absolute Gasteiger partial charge is 0.226 e. The SMILES string of the molecule is CC1CC1C(=O)N(C)Cc1cn(-c2ccccc2)nc1-c1ccccc1. The first kappa shape index (κ1) is 16.6. The standard InChI is InChI=1S/C22H23N3O/c1-16-13-20(16)22(26)24(2)14-18-15-25(19-11-7-4-8-12-19)23-21(18)17-9-5-3-6-10-17/h3-12,15-16,20H,13-14H2,1-2H3. The van der Waals surface area contributed by atoms with E-state index < -0.39 is 0 Å². The molecule has 132 valence electrons. The first-order chi connectivity index (χ1) is 12.6. The molecule has 0 spiro atoms. The average Bonchev–Trinajstić information content (AvgIpc) is 3.26. The van der Waals surface area contributed by atoms with Crippen molar-refractivity contribution in [2.45, 2.75) is 19.9 Å². The number of para-hydroxylation sites is 1. The molecule has 4 nitrogen and oxygen atoms in total. The van der Waals surface area contributed by atoms with E-state index >= 15 is 0 Å². The van der Waals surface area contributed by atoms with E-state index in [4.69, 9.17) is 5.10 Å². The van der Waals surface area contributed by atoms with Crippen molar-refractivity contribution >= 4 is 5.91 Å². The fraction of sp³-hybridized carbons (Fsp3) is 0.273. The maximum atomic E-state index is 12.5.